The van der Waals surface area contributed by atoms with Crippen LogP contribution in [0.3, 0.4) is 0 Å². The quantitative estimate of drug-likeness (QED) is 0.897. The van der Waals surface area contributed by atoms with Crippen LogP contribution in [0.25, 0.3) is 0 Å². The Morgan fingerprint density at radius 2 is 2.06 bits per heavy atom. The summed E-state index contributed by atoms with van der Waals surface area (Å²) < 4.78 is 1.08. The van der Waals surface area contributed by atoms with Crippen molar-refractivity contribution in [2.24, 2.45) is 0 Å². The number of aryl methyl sites for hydroxylation is 1. The van der Waals surface area contributed by atoms with Crippen molar-refractivity contribution in [3.8, 4) is 6.07 Å². The molecule has 1 N–H and O–H groups in total. The molecule has 0 bridgehead atoms. The Balaban J connectivity index is 2.31. The number of hydrogen-bond donors (Lipinski definition) is 1. The fourth-order valence-corrected chi connectivity index (χ4v) is 2.21. The van der Waals surface area contributed by atoms with Crippen LogP contribution < -0.4 is 5.32 Å². The van der Waals surface area contributed by atoms with E-state index in [0.717, 1.165) is 22.3 Å². The van der Waals surface area contributed by atoms with Crippen molar-refractivity contribution in [2.45, 2.75) is 13.3 Å². The van der Waals surface area contributed by atoms with E-state index in [4.69, 9.17) is 5.26 Å². The Hall–Kier alpha value is -1.79. The fourth-order valence-electron chi connectivity index (χ4n) is 1.80. The molecule has 18 heavy (non-hydrogen) atoms. The van der Waals surface area contributed by atoms with E-state index in [1.807, 2.05) is 30.3 Å². The maximum Gasteiger partial charge on any atom is 0.0992 e. The molecule has 0 aromatic heterocycles. The molecule has 0 radical (unpaired) electrons. The summed E-state index contributed by atoms with van der Waals surface area (Å²) in [5.41, 5.74) is 3.92. The Kier molecular flexibility index (Phi) is 4.01. The first-order valence-corrected chi connectivity index (χ1v) is 6.58. The monoisotopic (exact) mass is 300 g/mol. The zero-order valence-electron chi connectivity index (χ0n) is 10.1. The molecule has 0 unspecified atom stereocenters. The Morgan fingerprint density at radius 3 is 2.78 bits per heavy atom. The molecule has 0 atom stereocenters. The maximum absolute atomic E-state index is 8.88. The predicted molar refractivity (Wildman–Crippen MR) is 78.0 cm³/mol. The van der Waals surface area contributed by atoms with Crippen molar-refractivity contribution in [1.82, 2.24) is 0 Å². The highest BCUT2D eigenvalue weighted by atomic mass is 79.9. The first-order valence-electron chi connectivity index (χ1n) is 5.78. The topological polar surface area (TPSA) is 35.8 Å². The lowest BCUT2D eigenvalue weighted by atomic mass is 10.1. The number of hydrogen-bond acceptors (Lipinski definition) is 2. The van der Waals surface area contributed by atoms with Crippen LogP contribution in [0.4, 0.5) is 11.4 Å². The molecule has 0 amide bonds. The molecule has 0 fully saturated rings. The van der Waals surface area contributed by atoms with Gasteiger partial charge in [-0.2, -0.15) is 5.26 Å². The van der Waals surface area contributed by atoms with E-state index in [9.17, 15) is 0 Å². The average Bonchev–Trinajstić information content (AvgIpc) is 2.41. The van der Waals surface area contributed by atoms with Crippen molar-refractivity contribution in [3.63, 3.8) is 0 Å². The average molecular weight is 301 g/mol. The largest absolute Gasteiger partial charge is 0.355 e. The van der Waals surface area contributed by atoms with Gasteiger partial charge in [-0.1, -0.05) is 28.9 Å². The summed E-state index contributed by atoms with van der Waals surface area (Å²) in [6, 6.07) is 15.8. The Morgan fingerprint density at radius 1 is 1.22 bits per heavy atom. The van der Waals surface area contributed by atoms with Crippen molar-refractivity contribution in [2.75, 3.05) is 5.32 Å². The van der Waals surface area contributed by atoms with E-state index >= 15 is 0 Å². The van der Waals surface area contributed by atoms with Gasteiger partial charge >= 0.3 is 0 Å². The number of halogens is 1. The van der Waals surface area contributed by atoms with Gasteiger partial charge in [0.05, 0.1) is 11.6 Å². The summed E-state index contributed by atoms with van der Waals surface area (Å²) in [6.45, 7) is 2.12. The van der Waals surface area contributed by atoms with Crippen LogP contribution in [-0.4, -0.2) is 0 Å². The lowest BCUT2D eigenvalue weighted by molar-refractivity contribution is 1.14. The van der Waals surface area contributed by atoms with Gasteiger partial charge in [0.15, 0.2) is 0 Å². The number of anilines is 2. The molecule has 0 saturated heterocycles. The predicted octanol–water partition coefficient (Wildman–Crippen LogP) is 4.63. The summed E-state index contributed by atoms with van der Waals surface area (Å²) in [5.74, 6) is 0. The molecular formula is C15H13BrN2. The van der Waals surface area contributed by atoms with Crippen molar-refractivity contribution in [1.29, 1.82) is 5.26 Å². The third-order valence-electron chi connectivity index (χ3n) is 2.72. The maximum atomic E-state index is 8.88. The van der Waals surface area contributed by atoms with Crippen molar-refractivity contribution in [3.05, 3.63) is 58.1 Å². The summed E-state index contributed by atoms with van der Waals surface area (Å²) in [6.07, 6.45) is 0.958. The van der Waals surface area contributed by atoms with Crippen LogP contribution in [0.2, 0.25) is 0 Å². The highest BCUT2D eigenvalue weighted by Crippen LogP contribution is 2.25. The van der Waals surface area contributed by atoms with Gasteiger partial charge in [0.1, 0.15) is 0 Å². The van der Waals surface area contributed by atoms with Crippen molar-refractivity contribution < 1.29 is 0 Å². The standard InChI is InChI=1S/C15H13BrN2/c1-2-12-9-13(16)6-7-15(12)18-14-5-3-4-11(8-14)10-17/h3-9,18H,2H2,1H3. The number of rotatable bonds is 3. The number of nitriles is 1. The minimum absolute atomic E-state index is 0.662. The lowest BCUT2D eigenvalue weighted by Crippen LogP contribution is -1.95. The SMILES string of the molecule is CCc1cc(Br)ccc1Nc1cccc(C#N)c1. The third-order valence-corrected chi connectivity index (χ3v) is 3.21. The van der Waals surface area contributed by atoms with Gasteiger partial charge in [-0.05, 0) is 48.4 Å². The second-order valence-electron chi connectivity index (χ2n) is 3.97. The van der Waals surface area contributed by atoms with Crippen LogP contribution in [0.5, 0.6) is 0 Å². The minimum atomic E-state index is 0.662. The molecule has 2 aromatic carbocycles. The Bertz CT molecular complexity index is 600. The fraction of sp³-hybridized carbons (Fsp3) is 0.133. The molecule has 0 aliphatic heterocycles. The van der Waals surface area contributed by atoms with Gasteiger partial charge in [0.25, 0.3) is 0 Å². The molecule has 2 rings (SSSR count). The molecular weight excluding hydrogens is 288 g/mol. The zero-order chi connectivity index (χ0) is 13.0. The molecule has 2 nitrogen and oxygen atoms in total. The third kappa shape index (κ3) is 2.91. The summed E-state index contributed by atoms with van der Waals surface area (Å²) in [4.78, 5) is 0. The molecule has 0 aliphatic rings. The Labute approximate surface area is 115 Å². The summed E-state index contributed by atoms with van der Waals surface area (Å²) >= 11 is 3.47. The van der Waals surface area contributed by atoms with E-state index in [-0.39, 0.29) is 0 Å². The van der Waals surface area contributed by atoms with E-state index < -0.39 is 0 Å². The van der Waals surface area contributed by atoms with Gasteiger partial charge < -0.3 is 5.32 Å². The van der Waals surface area contributed by atoms with Gasteiger partial charge in [0, 0.05) is 15.8 Å². The van der Waals surface area contributed by atoms with Crippen LogP contribution in [-0.2, 0) is 6.42 Å². The summed E-state index contributed by atoms with van der Waals surface area (Å²) in [7, 11) is 0. The molecule has 90 valence electrons. The minimum Gasteiger partial charge on any atom is -0.355 e. The van der Waals surface area contributed by atoms with Crippen LogP contribution in [0.15, 0.2) is 46.9 Å². The first-order chi connectivity index (χ1) is 8.72. The second-order valence-corrected chi connectivity index (χ2v) is 4.89. The van der Waals surface area contributed by atoms with E-state index in [1.165, 1.54) is 5.56 Å². The molecule has 2 aromatic rings. The smallest absolute Gasteiger partial charge is 0.0992 e. The van der Waals surface area contributed by atoms with Gasteiger partial charge in [-0.15, -0.1) is 0 Å². The molecule has 3 heteroatoms. The molecule has 0 heterocycles. The van der Waals surface area contributed by atoms with Crippen LogP contribution >= 0.6 is 15.9 Å². The van der Waals surface area contributed by atoms with Gasteiger partial charge in [-0.25, -0.2) is 0 Å². The van der Waals surface area contributed by atoms with E-state index in [2.05, 4.69) is 40.3 Å². The summed E-state index contributed by atoms with van der Waals surface area (Å²) in [5, 5.41) is 12.2. The number of benzene rings is 2. The van der Waals surface area contributed by atoms with E-state index in [0.29, 0.717) is 5.56 Å². The van der Waals surface area contributed by atoms with Crippen LogP contribution in [0.1, 0.15) is 18.1 Å². The van der Waals surface area contributed by atoms with E-state index in [1.54, 1.807) is 6.07 Å². The number of nitrogens with one attached hydrogen (secondary N) is 1. The normalized spacial score (nSPS) is 9.83. The molecule has 0 aliphatic carbocycles. The van der Waals surface area contributed by atoms with Gasteiger partial charge in [0.2, 0.25) is 0 Å². The lowest BCUT2D eigenvalue weighted by Gasteiger charge is -2.11. The first kappa shape index (κ1) is 12.7. The highest BCUT2D eigenvalue weighted by molar-refractivity contribution is 9.10. The molecule has 0 spiro atoms. The van der Waals surface area contributed by atoms with Crippen molar-refractivity contribution >= 4 is 27.3 Å². The second kappa shape index (κ2) is 5.70. The van der Waals surface area contributed by atoms with Crippen LogP contribution in [0, 0.1) is 11.3 Å². The van der Waals surface area contributed by atoms with Gasteiger partial charge in [-0.3, -0.25) is 0 Å². The number of nitrogens with zero attached hydrogens (tertiary/aromatic N) is 1. The molecule has 0 saturated carbocycles. The highest BCUT2D eigenvalue weighted by Gasteiger charge is 2.02. The zero-order valence-corrected chi connectivity index (χ0v) is 11.7.